The average molecular weight is 410 g/mol. The van der Waals surface area contributed by atoms with Crippen molar-refractivity contribution in [3.63, 3.8) is 0 Å². The predicted octanol–water partition coefficient (Wildman–Crippen LogP) is 5.26. The van der Waals surface area contributed by atoms with E-state index in [1.54, 1.807) is 12.1 Å². The fourth-order valence-corrected chi connectivity index (χ4v) is 4.43. The molecule has 26 heavy (non-hydrogen) atoms. The van der Waals surface area contributed by atoms with Gasteiger partial charge < -0.3 is 10.0 Å². The topological polar surface area (TPSA) is 57.6 Å². The summed E-state index contributed by atoms with van der Waals surface area (Å²) in [7, 11) is 0. The number of nitrogens with zero attached hydrogens (tertiary/aromatic N) is 1. The molecule has 2 aromatic rings. The minimum atomic E-state index is -0.709. The van der Waals surface area contributed by atoms with Crippen LogP contribution in [0.2, 0.25) is 10.0 Å². The molecule has 1 saturated heterocycles. The number of rotatable bonds is 5. The molecular weight excluding hydrogens is 393 g/mol. The fourth-order valence-electron chi connectivity index (χ4n) is 2.97. The molecule has 0 aromatic heterocycles. The third-order valence-corrected chi connectivity index (χ3v) is 6.52. The molecule has 0 radical (unpaired) electrons. The van der Waals surface area contributed by atoms with E-state index in [1.807, 2.05) is 18.2 Å². The van der Waals surface area contributed by atoms with Crippen LogP contribution in [0.15, 0.2) is 46.2 Å². The molecule has 1 heterocycles. The van der Waals surface area contributed by atoms with Gasteiger partial charge in [-0.25, -0.2) is 0 Å². The van der Waals surface area contributed by atoms with E-state index in [4.69, 9.17) is 28.3 Å². The van der Waals surface area contributed by atoms with Crippen LogP contribution in [0.5, 0.6) is 0 Å². The lowest BCUT2D eigenvalue weighted by molar-refractivity contribution is -0.142. The first-order valence-corrected chi connectivity index (χ1v) is 9.75. The van der Waals surface area contributed by atoms with Gasteiger partial charge >= 0.3 is 5.97 Å². The summed E-state index contributed by atoms with van der Waals surface area (Å²) in [5.41, 5.74) is 1.43. The third kappa shape index (κ3) is 4.17. The van der Waals surface area contributed by atoms with Gasteiger partial charge in [0.2, 0.25) is 0 Å². The maximum atomic E-state index is 11.1. The SMILES string of the molecule is O=Cc1ccc(Sc2cccc(N3CCC(C(=O)O)CC3)c2)c(Cl)c1Cl. The molecule has 0 amide bonds. The summed E-state index contributed by atoms with van der Waals surface area (Å²) < 4.78 is 0. The molecule has 0 bridgehead atoms. The van der Waals surface area contributed by atoms with Crippen LogP contribution >= 0.6 is 35.0 Å². The number of aliphatic carboxylic acids is 1. The highest BCUT2D eigenvalue weighted by Gasteiger charge is 2.24. The van der Waals surface area contributed by atoms with Gasteiger partial charge in [-0.3, -0.25) is 9.59 Å². The van der Waals surface area contributed by atoms with Crippen LogP contribution in [0.25, 0.3) is 0 Å². The van der Waals surface area contributed by atoms with Crippen molar-refractivity contribution in [3.05, 3.63) is 52.0 Å². The van der Waals surface area contributed by atoms with Gasteiger partial charge in [0.15, 0.2) is 6.29 Å². The second kappa shape index (κ2) is 8.33. The van der Waals surface area contributed by atoms with Crippen molar-refractivity contribution in [2.75, 3.05) is 18.0 Å². The van der Waals surface area contributed by atoms with Crippen LogP contribution in [-0.4, -0.2) is 30.5 Å². The van der Waals surface area contributed by atoms with Crippen molar-refractivity contribution in [1.82, 2.24) is 0 Å². The lowest BCUT2D eigenvalue weighted by atomic mass is 9.97. The molecule has 136 valence electrons. The molecule has 1 aliphatic heterocycles. The Morgan fingerprint density at radius 2 is 1.88 bits per heavy atom. The Bertz CT molecular complexity index is 836. The van der Waals surface area contributed by atoms with Gasteiger partial charge in [-0.15, -0.1) is 0 Å². The summed E-state index contributed by atoms with van der Waals surface area (Å²) in [4.78, 5) is 26.0. The van der Waals surface area contributed by atoms with E-state index in [2.05, 4.69) is 11.0 Å². The van der Waals surface area contributed by atoms with E-state index in [0.29, 0.717) is 29.7 Å². The highest BCUT2D eigenvalue weighted by Crippen LogP contribution is 2.39. The lowest BCUT2D eigenvalue weighted by Gasteiger charge is -2.32. The standard InChI is InChI=1S/C19H17Cl2NO3S/c20-17-13(11-23)4-5-16(18(17)21)26-15-3-1-2-14(10-15)22-8-6-12(7-9-22)19(24)25/h1-5,10-12H,6-9H2,(H,24,25). The molecule has 7 heteroatoms. The van der Waals surface area contributed by atoms with Crippen molar-refractivity contribution in [2.45, 2.75) is 22.6 Å². The van der Waals surface area contributed by atoms with Crippen LogP contribution in [0, 0.1) is 5.92 Å². The Balaban J connectivity index is 1.75. The summed E-state index contributed by atoms with van der Waals surface area (Å²) in [6, 6.07) is 11.5. The minimum absolute atomic E-state index is 0.249. The van der Waals surface area contributed by atoms with Gasteiger partial charge in [-0.05, 0) is 43.2 Å². The van der Waals surface area contributed by atoms with Crippen molar-refractivity contribution in [1.29, 1.82) is 0 Å². The first-order chi connectivity index (χ1) is 12.5. The number of anilines is 1. The third-order valence-electron chi connectivity index (χ3n) is 4.46. The van der Waals surface area contributed by atoms with Crippen LogP contribution in [-0.2, 0) is 4.79 Å². The first-order valence-electron chi connectivity index (χ1n) is 8.18. The van der Waals surface area contributed by atoms with Crippen LogP contribution < -0.4 is 4.90 Å². The zero-order chi connectivity index (χ0) is 18.7. The molecule has 1 N–H and O–H groups in total. The van der Waals surface area contributed by atoms with Crippen molar-refractivity contribution in [3.8, 4) is 0 Å². The van der Waals surface area contributed by atoms with Gasteiger partial charge in [-0.2, -0.15) is 0 Å². The first kappa shape index (κ1) is 19.1. The summed E-state index contributed by atoms with van der Waals surface area (Å²) in [6.07, 6.45) is 1.99. The Labute approximate surface area is 166 Å². The van der Waals surface area contributed by atoms with Crippen LogP contribution in [0.4, 0.5) is 5.69 Å². The molecule has 0 spiro atoms. The van der Waals surface area contributed by atoms with Gasteiger partial charge in [0.1, 0.15) is 0 Å². The van der Waals surface area contributed by atoms with Gasteiger partial charge in [0, 0.05) is 34.1 Å². The summed E-state index contributed by atoms with van der Waals surface area (Å²) in [5.74, 6) is -0.958. The highest BCUT2D eigenvalue weighted by molar-refractivity contribution is 7.99. The number of carbonyl (C=O) groups is 2. The molecule has 3 rings (SSSR count). The maximum absolute atomic E-state index is 11.1. The summed E-state index contributed by atoms with van der Waals surface area (Å²) >= 11 is 13.9. The van der Waals surface area contributed by atoms with E-state index in [-0.39, 0.29) is 10.9 Å². The van der Waals surface area contributed by atoms with Crippen molar-refractivity contribution >= 4 is 52.9 Å². The fraction of sp³-hybridized carbons (Fsp3) is 0.263. The smallest absolute Gasteiger partial charge is 0.306 e. The second-order valence-corrected chi connectivity index (χ2v) is 7.97. The molecular formula is C19H17Cl2NO3S. The molecule has 0 aliphatic carbocycles. The zero-order valence-corrected chi connectivity index (χ0v) is 16.2. The number of halogens is 2. The Morgan fingerprint density at radius 3 is 2.54 bits per heavy atom. The summed E-state index contributed by atoms with van der Waals surface area (Å²) in [6.45, 7) is 1.46. The van der Waals surface area contributed by atoms with Crippen LogP contribution in [0.3, 0.4) is 0 Å². The lowest BCUT2D eigenvalue weighted by Crippen LogP contribution is -2.36. The molecule has 0 saturated carbocycles. The van der Waals surface area contributed by atoms with E-state index in [1.165, 1.54) is 11.8 Å². The second-order valence-electron chi connectivity index (χ2n) is 6.10. The van der Waals surface area contributed by atoms with Crippen molar-refractivity contribution in [2.24, 2.45) is 5.92 Å². The van der Waals surface area contributed by atoms with E-state index < -0.39 is 5.97 Å². The Kier molecular flexibility index (Phi) is 6.12. The normalized spacial score (nSPS) is 15.1. The average Bonchev–Trinajstić information content (AvgIpc) is 2.66. The van der Waals surface area contributed by atoms with Crippen molar-refractivity contribution < 1.29 is 14.7 Å². The maximum Gasteiger partial charge on any atom is 0.306 e. The predicted molar refractivity (Wildman–Crippen MR) is 105 cm³/mol. The largest absolute Gasteiger partial charge is 0.481 e. The van der Waals surface area contributed by atoms with E-state index in [0.717, 1.165) is 28.6 Å². The van der Waals surface area contributed by atoms with E-state index >= 15 is 0 Å². The molecule has 2 aromatic carbocycles. The number of piperidine rings is 1. The molecule has 1 aliphatic rings. The van der Waals surface area contributed by atoms with Gasteiger partial charge in [-0.1, -0.05) is 41.0 Å². The number of carbonyl (C=O) groups excluding carboxylic acids is 1. The highest BCUT2D eigenvalue weighted by atomic mass is 35.5. The molecule has 4 nitrogen and oxygen atoms in total. The van der Waals surface area contributed by atoms with E-state index in [9.17, 15) is 9.59 Å². The quantitative estimate of drug-likeness (QED) is 0.682. The number of benzene rings is 2. The zero-order valence-electron chi connectivity index (χ0n) is 13.8. The molecule has 0 atom stereocenters. The van der Waals surface area contributed by atoms with Gasteiger partial charge in [0.25, 0.3) is 0 Å². The van der Waals surface area contributed by atoms with Gasteiger partial charge in [0.05, 0.1) is 16.0 Å². The summed E-state index contributed by atoms with van der Waals surface area (Å²) in [5, 5.41) is 9.75. The minimum Gasteiger partial charge on any atom is -0.481 e. The number of aldehydes is 1. The number of carboxylic acid groups (broad SMARTS) is 1. The Morgan fingerprint density at radius 1 is 1.15 bits per heavy atom. The van der Waals surface area contributed by atoms with Crippen LogP contribution in [0.1, 0.15) is 23.2 Å². The number of carboxylic acids is 1. The Hall–Kier alpha value is -1.69. The number of hydrogen-bond donors (Lipinski definition) is 1. The number of hydrogen-bond acceptors (Lipinski definition) is 4. The molecule has 0 unspecified atom stereocenters. The monoisotopic (exact) mass is 409 g/mol. The molecule has 1 fully saturated rings.